The maximum absolute atomic E-state index is 11.9. The summed E-state index contributed by atoms with van der Waals surface area (Å²) < 4.78 is 35.6. The Kier molecular flexibility index (Phi) is 2.03. The van der Waals surface area contributed by atoms with Crippen LogP contribution in [-0.4, -0.2) is 24.2 Å². The highest BCUT2D eigenvalue weighted by Crippen LogP contribution is 2.29. The largest absolute Gasteiger partial charge is 0.390 e. The predicted molar refractivity (Wildman–Crippen MR) is 35.2 cm³/mol. The molecule has 0 aromatic heterocycles. The number of carbonyl (C=O) groups excluding carboxylic acids is 1. The van der Waals surface area contributed by atoms with E-state index < -0.39 is 24.0 Å². The molecule has 3 nitrogen and oxygen atoms in total. The van der Waals surface area contributed by atoms with Crippen molar-refractivity contribution in [2.75, 3.05) is 6.54 Å². The first-order valence-corrected chi connectivity index (χ1v) is 3.43. The van der Waals surface area contributed by atoms with Gasteiger partial charge in [0.2, 0.25) is 5.91 Å². The number of amides is 1. The molecule has 1 amide bonds. The van der Waals surface area contributed by atoms with Crippen molar-refractivity contribution in [1.29, 1.82) is 0 Å². The Balaban J connectivity index is 2.56. The zero-order chi connectivity index (χ0) is 9.41. The van der Waals surface area contributed by atoms with Gasteiger partial charge in [-0.15, -0.1) is 0 Å². The highest BCUT2D eigenvalue weighted by atomic mass is 19.4. The van der Waals surface area contributed by atoms with Gasteiger partial charge in [0.15, 0.2) is 0 Å². The number of alkyl halides is 3. The van der Waals surface area contributed by atoms with Gasteiger partial charge < -0.3 is 11.1 Å². The maximum atomic E-state index is 11.9. The minimum Gasteiger partial charge on any atom is -0.354 e. The Morgan fingerprint density at radius 1 is 1.58 bits per heavy atom. The Bertz CT molecular complexity index is 203. The molecule has 0 radical (unpaired) electrons. The van der Waals surface area contributed by atoms with Gasteiger partial charge in [0.25, 0.3) is 0 Å². The standard InChI is InChI=1S/C6H9F3N2O/c7-6(8,9)2-5(10)1-4(12)11-3-5/h1-3,10H2,(H,11,12). The molecule has 1 rings (SSSR count). The van der Waals surface area contributed by atoms with Crippen molar-refractivity contribution in [1.82, 2.24) is 5.32 Å². The number of nitrogens with two attached hydrogens (primary N) is 1. The molecule has 1 unspecified atom stereocenters. The van der Waals surface area contributed by atoms with Gasteiger partial charge >= 0.3 is 6.18 Å². The van der Waals surface area contributed by atoms with Crippen molar-refractivity contribution in [2.24, 2.45) is 5.73 Å². The maximum Gasteiger partial charge on any atom is 0.390 e. The predicted octanol–water partition coefficient (Wildman–Crippen LogP) is 0.156. The first-order valence-electron chi connectivity index (χ1n) is 3.43. The molecule has 0 aromatic carbocycles. The molecule has 1 aliphatic heterocycles. The molecule has 70 valence electrons. The number of hydrogen-bond acceptors (Lipinski definition) is 2. The Labute approximate surface area is 67.1 Å². The molecule has 1 heterocycles. The lowest BCUT2D eigenvalue weighted by molar-refractivity contribution is -0.146. The highest BCUT2D eigenvalue weighted by Gasteiger charge is 2.44. The van der Waals surface area contributed by atoms with Crippen molar-refractivity contribution in [3.63, 3.8) is 0 Å². The quantitative estimate of drug-likeness (QED) is 0.606. The fourth-order valence-corrected chi connectivity index (χ4v) is 1.24. The van der Waals surface area contributed by atoms with Crippen molar-refractivity contribution < 1.29 is 18.0 Å². The zero-order valence-corrected chi connectivity index (χ0v) is 6.24. The van der Waals surface area contributed by atoms with Gasteiger partial charge in [-0.3, -0.25) is 4.79 Å². The van der Waals surface area contributed by atoms with Crippen molar-refractivity contribution in [3.8, 4) is 0 Å². The zero-order valence-electron chi connectivity index (χ0n) is 6.24. The lowest BCUT2D eigenvalue weighted by Gasteiger charge is -2.22. The highest BCUT2D eigenvalue weighted by molar-refractivity contribution is 5.80. The molecule has 1 fully saturated rings. The van der Waals surface area contributed by atoms with Crippen LogP contribution in [0.2, 0.25) is 0 Å². The van der Waals surface area contributed by atoms with Gasteiger partial charge in [-0.1, -0.05) is 0 Å². The van der Waals surface area contributed by atoms with Crippen molar-refractivity contribution in [3.05, 3.63) is 0 Å². The van der Waals surface area contributed by atoms with Gasteiger partial charge in [0, 0.05) is 13.0 Å². The smallest absolute Gasteiger partial charge is 0.354 e. The number of carbonyl (C=O) groups is 1. The van der Waals surface area contributed by atoms with E-state index in [4.69, 9.17) is 5.73 Å². The van der Waals surface area contributed by atoms with E-state index in [2.05, 4.69) is 5.32 Å². The van der Waals surface area contributed by atoms with E-state index >= 15 is 0 Å². The van der Waals surface area contributed by atoms with Crippen LogP contribution in [0.4, 0.5) is 13.2 Å². The van der Waals surface area contributed by atoms with Gasteiger partial charge in [-0.05, 0) is 0 Å². The third-order valence-electron chi connectivity index (χ3n) is 1.70. The third-order valence-corrected chi connectivity index (χ3v) is 1.70. The van der Waals surface area contributed by atoms with E-state index in [1.165, 1.54) is 0 Å². The van der Waals surface area contributed by atoms with Crippen LogP contribution in [0.5, 0.6) is 0 Å². The normalized spacial score (nSPS) is 30.5. The molecule has 0 aromatic rings. The Morgan fingerprint density at radius 2 is 2.17 bits per heavy atom. The number of nitrogens with one attached hydrogen (secondary N) is 1. The first kappa shape index (κ1) is 9.31. The van der Waals surface area contributed by atoms with Crippen LogP contribution >= 0.6 is 0 Å². The summed E-state index contributed by atoms with van der Waals surface area (Å²) in [5.41, 5.74) is 3.90. The van der Waals surface area contributed by atoms with E-state index in [0.717, 1.165) is 0 Å². The van der Waals surface area contributed by atoms with E-state index in [0.29, 0.717) is 0 Å². The fourth-order valence-electron chi connectivity index (χ4n) is 1.24. The summed E-state index contributed by atoms with van der Waals surface area (Å²) in [7, 11) is 0. The molecule has 0 bridgehead atoms. The molecular weight excluding hydrogens is 173 g/mol. The second-order valence-electron chi connectivity index (χ2n) is 3.11. The fraction of sp³-hybridized carbons (Fsp3) is 0.833. The summed E-state index contributed by atoms with van der Waals surface area (Å²) in [6, 6.07) is 0. The SMILES string of the molecule is NC1(CC(F)(F)F)CNC(=O)C1. The number of hydrogen-bond donors (Lipinski definition) is 2. The molecule has 1 aliphatic rings. The van der Waals surface area contributed by atoms with Gasteiger partial charge in [-0.2, -0.15) is 13.2 Å². The van der Waals surface area contributed by atoms with Crippen LogP contribution in [-0.2, 0) is 4.79 Å². The molecule has 0 aliphatic carbocycles. The lowest BCUT2D eigenvalue weighted by Crippen LogP contribution is -2.45. The number of rotatable bonds is 1. The van der Waals surface area contributed by atoms with Gasteiger partial charge in [0.05, 0.1) is 12.0 Å². The molecule has 1 saturated heterocycles. The molecule has 3 N–H and O–H groups in total. The molecule has 0 saturated carbocycles. The summed E-state index contributed by atoms with van der Waals surface area (Å²) in [5.74, 6) is -0.415. The van der Waals surface area contributed by atoms with Crippen LogP contribution in [0.1, 0.15) is 12.8 Å². The lowest BCUT2D eigenvalue weighted by atomic mass is 9.95. The monoisotopic (exact) mass is 182 g/mol. The summed E-state index contributed by atoms with van der Waals surface area (Å²) in [6.07, 6.45) is -5.66. The average Bonchev–Trinajstić information content (AvgIpc) is 2.05. The van der Waals surface area contributed by atoms with Crippen LogP contribution in [0, 0.1) is 0 Å². The van der Waals surface area contributed by atoms with E-state index in [-0.39, 0.29) is 13.0 Å². The van der Waals surface area contributed by atoms with Crippen LogP contribution in [0.25, 0.3) is 0 Å². The van der Waals surface area contributed by atoms with E-state index in [9.17, 15) is 18.0 Å². The van der Waals surface area contributed by atoms with Gasteiger partial charge in [0.1, 0.15) is 0 Å². The van der Waals surface area contributed by atoms with Crippen LogP contribution in [0.3, 0.4) is 0 Å². The Morgan fingerprint density at radius 3 is 2.50 bits per heavy atom. The molecule has 6 heteroatoms. The molecule has 1 atom stereocenters. The minimum atomic E-state index is -4.30. The summed E-state index contributed by atoms with van der Waals surface area (Å²) >= 11 is 0. The minimum absolute atomic E-state index is 0.0919. The van der Waals surface area contributed by atoms with E-state index in [1.54, 1.807) is 0 Å². The second kappa shape index (κ2) is 2.62. The molecule has 0 spiro atoms. The van der Waals surface area contributed by atoms with Crippen LogP contribution in [0.15, 0.2) is 0 Å². The molecule has 12 heavy (non-hydrogen) atoms. The average molecular weight is 182 g/mol. The van der Waals surface area contributed by atoms with E-state index in [1.807, 2.05) is 0 Å². The third kappa shape index (κ3) is 2.37. The van der Waals surface area contributed by atoms with Crippen molar-refractivity contribution >= 4 is 5.91 Å². The molecular formula is C6H9F3N2O. The Hall–Kier alpha value is -0.780. The van der Waals surface area contributed by atoms with Gasteiger partial charge in [-0.25, -0.2) is 0 Å². The summed E-state index contributed by atoms with van der Waals surface area (Å²) in [6.45, 7) is -0.0919. The number of halogens is 3. The second-order valence-corrected chi connectivity index (χ2v) is 3.11. The summed E-state index contributed by atoms with van der Waals surface area (Å²) in [4.78, 5) is 10.6. The summed E-state index contributed by atoms with van der Waals surface area (Å²) in [5, 5.41) is 2.27. The van der Waals surface area contributed by atoms with Crippen molar-refractivity contribution in [2.45, 2.75) is 24.6 Å². The van der Waals surface area contributed by atoms with Crippen LogP contribution < -0.4 is 11.1 Å². The first-order chi connectivity index (χ1) is 5.31. The topological polar surface area (TPSA) is 55.1 Å².